The lowest BCUT2D eigenvalue weighted by Crippen LogP contribution is -2.47. The molecule has 0 aromatic heterocycles. The van der Waals surface area contributed by atoms with E-state index in [1.54, 1.807) is 11.0 Å². The first-order valence-electron chi connectivity index (χ1n) is 7.34. The maximum atomic E-state index is 12.4. The zero-order valence-electron chi connectivity index (χ0n) is 13.1. The Kier molecular flexibility index (Phi) is 5.20. The van der Waals surface area contributed by atoms with Gasteiger partial charge in [-0.2, -0.15) is 0 Å². The molecule has 1 aliphatic heterocycles. The normalized spacial score (nSPS) is 21.4. The van der Waals surface area contributed by atoms with Crippen LogP contribution in [0.3, 0.4) is 0 Å². The molecule has 118 valence electrons. The zero-order valence-corrected chi connectivity index (χ0v) is 13.1. The summed E-state index contributed by atoms with van der Waals surface area (Å²) >= 11 is 0. The number of amides is 1. The lowest BCUT2D eigenvalue weighted by atomic mass is 10.00. The number of hydrogen-bond acceptors (Lipinski definition) is 4. The number of esters is 1. The number of ether oxygens (including phenoxy) is 2. The molecule has 0 bridgehead atoms. The van der Waals surface area contributed by atoms with Crippen molar-refractivity contribution >= 4 is 12.1 Å². The molecule has 2 atom stereocenters. The van der Waals surface area contributed by atoms with E-state index in [-0.39, 0.29) is 24.5 Å². The Morgan fingerprint density at radius 3 is 2.73 bits per heavy atom. The standard InChI is InChI=1S/C17H21NO4/c1-4-15-10-14(11-16(19)21-3)18(17(20)22-15)12(2)13-8-6-5-7-9-13/h4-9,12,14H,10-11H2,1-3H3/b15-4+/t12-,14-/m1/s1. The first kappa shape index (κ1) is 16.1. The molecule has 1 amide bonds. The van der Waals surface area contributed by atoms with Crippen LogP contribution in [-0.4, -0.2) is 30.1 Å². The van der Waals surface area contributed by atoms with E-state index < -0.39 is 6.09 Å². The highest BCUT2D eigenvalue weighted by Crippen LogP contribution is 2.32. The topological polar surface area (TPSA) is 55.8 Å². The fourth-order valence-corrected chi connectivity index (χ4v) is 2.68. The molecule has 0 radical (unpaired) electrons. The summed E-state index contributed by atoms with van der Waals surface area (Å²) in [5.74, 6) is 0.260. The Hall–Kier alpha value is -2.30. The zero-order chi connectivity index (χ0) is 16.1. The molecule has 5 nitrogen and oxygen atoms in total. The molecule has 1 aromatic carbocycles. The molecular formula is C17H21NO4. The number of rotatable bonds is 4. The Balaban J connectivity index is 2.27. The number of carbonyl (C=O) groups is 2. The van der Waals surface area contributed by atoms with Gasteiger partial charge in [0, 0.05) is 6.42 Å². The molecule has 0 spiro atoms. The molecule has 1 aliphatic rings. The second-order valence-electron chi connectivity index (χ2n) is 5.26. The summed E-state index contributed by atoms with van der Waals surface area (Å²) in [5.41, 5.74) is 0.998. The van der Waals surface area contributed by atoms with E-state index in [0.29, 0.717) is 12.2 Å². The van der Waals surface area contributed by atoms with Crippen LogP contribution in [0.25, 0.3) is 0 Å². The van der Waals surface area contributed by atoms with Gasteiger partial charge < -0.3 is 9.47 Å². The third-order valence-corrected chi connectivity index (χ3v) is 3.91. The van der Waals surface area contributed by atoms with E-state index in [9.17, 15) is 9.59 Å². The van der Waals surface area contributed by atoms with Gasteiger partial charge in [-0.05, 0) is 25.5 Å². The maximum Gasteiger partial charge on any atom is 0.415 e. The Morgan fingerprint density at radius 2 is 2.14 bits per heavy atom. The van der Waals surface area contributed by atoms with Gasteiger partial charge in [-0.1, -0.05) is 30.3 Å². The van der Waals surface area contributed by atoms with Crippen LogP contribution in [0, 0.1) is 0 Å². The summed E-state index contributed by atoms with van der Waals surface area (Å²) in [5, 5.41) is 0. The number of methoxy groups -OCH3 is 1. The van der Waals surface area contributed by atoms with Crippen LogP contribution in [0.2, 0.25) is 0 Å². The molecule has 2 rings (SSSR count). The summed E-state index contributed by atoms with van der Waals surface area (Å²) < 4.78 is 10.1. The fraction of sp³-hybridized carbons (Fsp3) is 0.412. The minimum Gasteiger partial charge on any atom is -0.469 e. The summed E-state index contributed by atoms with van der Waals surface area (Å²) in [6, 6.07) is 9.24. The Labute approximate surface area is 130 Å². The average molecular weight is 303 g/mol. The molecule has 0 aliphatic carbocycles. The van der Waals surface area contributed by atoms with E-state index in [4.69, 9.17) is 9.47 Å². The number of nitrogens with zero attached hydrogens (tertiary/aromatic N) is 1. The van der Waals surface area contributed by atoms with Crippen LogP contribution in [-0.2, 0) is 14.3 Å². The second-order valence-corrected chi connectivity index (χ2v) is 5.26. The van der Waals surface area contributed by atoms with Gasteiger partial charge in [0.15, 0.2) is 0 Å². The highest BCUT2D eigenvalue weighted by Gasteiger charge is 2.37. The highest BCUT2D eigenvalue weighted by atomic mass is 16.6. The first-order chi connectivity index (χ1) is 10.6. The number of allylic oxidation sites excluding steroid dienone is 1. The number of hydrogen-bond donors (Lipinski definition) is 0. The van der Waals surface area contributed by atoms with Crippen LogP contribution in [0.5, 0.6) is 0 Å². The smallest absolute Gasteiger partial charge is 0.415 e. The third-order valence-electron chi connectivity index (χ3n) is 3.91. The molecule has 1 aromatic rings. The van der Waals surface area contributed by atoms with Gasteiger partial charge in [0.05, 0.1) is 25.6 Å². The molecule has 5 heteroatoms. The van der Waals surface area contributed by atoms with Gasteiger partial charge in [0.25, 0.3) is 0 Å². The Bertz CT molecular complexity index is 567. The third kappa shape index (κ3) is 3.47. The number of benzene rings is 1. The molecule has 1 saturated heterocycles. The van der Waals surface area contributed by atoms with Crippen molar-refractivity contribution in [3.63, 3.8) is 0 Å². The maximum absolute atomic E-state index is 12.4. The fourth-order valence-electron chi connectivity index (χ4n) is 2.68. The van der Waals surface area contributed by atoms with Crippen molar-refractivity contribution in [2.24, 2.45) is 0 Å². The minimum atomic E-state index is -0.426. The monoisotopic (exact) mass is 303 g/mol. The van der Waals surface area contributed by atoms with Crippen LogP contribution < -0.4 is 0 Å². The van der Waals surface area contributed by atoms with Crippen molar-refractivity contribution in [2.75, 3.05) is 7.11 Å². The SMILES string of the molecule is C/C=C1\C[C@H](CC(=O)OC)N([C@H](C)c2ccccc2)C(=O)O1. The van der Waals surface area contributed by atoms with Gasteiger partial charge in [-0.15, -0.1) is 0 Å². The number of carbonyl (C=O) groups excluding carboxylic acids is 2. The largest absolute Gasteiger partial charge is 0.469 e. The van der Waals surface area contributed by atoms with Gasteiger partial charge in [0.1, 0.15) is 5.76 Å². The lowest BCUT2D eigenvalue weighted by molar-refractivity contribution is -0.142. The van der Waals surface area contributed by atoms with Gasteiger partial charge in [-0.25, -0.2) is 4.79 Å². The van der Waals surface area contributed by atoms with Crippen LogP contribution >= 0.6 is 0 Å². The van der Waals surface area contributed by atoms with Crippen molar-refractivity contribution in [1.82, 2.24) is 4.90 Å². The van der Waals surface area contributed by atoms with E-state index in [0.717, 1.165) is 5.56 Å². The summed E-state index contributed by atoms with van der Waals surface area (Å²) in [4.78, 5) is 25.7. The predicted molar refractivity (Wildman–Crippen MR) is 82.0 cm³/mol. The van der Waals surface area contributed by atoms with Crippen LogP contribution in [0.15, 0.2) is 42.2 Å². The van der Waals surface area contributed by atoms with Crippen molar-refractivity contribution in [3.8, 4) is 0 Å². The van der Waals surface area contributed by atoms with E-state index >= 15 is 0 Å². The van der Waals surface area contributed by atoms with Crippen LogP contribution in [0.1, 0.15) is 38.3 Å². The van der Waals surface area contributed by atoms with Gasteiger partial charge in [-0.3, -0.25) is 9.69 Å². The van der Waals surface area contributed by atoms with Crippen molar-refractivity contribution < 1.29 is 19.1 Å². The average Bonchev–Trinajstić information content (AvgIpc) is 2.54. The van der Waals surface area contributed by atoms with Crippen LogP contribution in [0.4, 0.5) is 4.79 Å². The van der Waals surface area contributed by atoms with E-state index in [2.05, 4.69) is 0 Å². The lowest BCUT2D eigenvalue weighted by Gasteiger charge is -2.39. The first-order valence-corrected chi connectivity index (χ1v) is 7.34. The van der Waals surface area contributed by atoms with Crippen molar-refractivity contribution in [3.05, 3.63) is 47.7 Å². The highest BCUT2D eigenvalue weighted by molar-refractivity contribution is 5.75. The Morgan fingerprint density at radius 1 is 1.45 bits per heavy atom. The molecule has 0 saturated carbocycles. The second kappa shape index (κ2) is 7.11. The van der Waals surface area contributed by atoms with E-state index in [1.807, 2.05) is 44.2 Å². The van der Waals surface area contributed by atoms with Gasteiger partial charge >= 0.3 is 12.1 Å². The van der Waals surface area contributed by atoms with Crippen molar-refractivity contribution in [2.45, 2.75) is 38.8 Å². The summed E-state index contributed by atoms with van der Waals surface area (Å²) in [6.45, 7) is 3.75. The summed E-state index contributed by atoms with van der Waals surface area (Å²) in [6.07, 6.45) is 1.99. The molecule has 1 heterocycles. The van der Waals surface area contributed by atoms with E-state index in [1.165, 1.54) is 7.11 Å². The molecule has 0 N–H and O–H groups in total. The predicted octanol–water partition coefficient (Wildman–Crippen LogP) is 3.43. The number of cyclic esters (lactones) is 1. The summed E-state index contributed by atoms with van der Waals surface area (Å²) in [7, 11) is 1.35. The molecule has 1 fully saturated rings. The van der Waals surface area contributed by atoms with Gasteiger partial charge in [0.2, 0.25) is 0 Å². The molecular weight excluding hydrogens is 282 g/mol. The minimum absolute atomic E-state index is 0.153. The quantitative estimate of drug-likeness (QED) is 0.800. The molecule has 22 heavy (non-hydrogen) atoms. The molecule has 0 unspecified atom stereocenters. The van der Waals surface area contributed by atoms with Crippen molar-refractivity contribution in [1.29, 1.82) is 0 Å².